The molecule has 0 radical (unpaired) electrons. The van der Waals surface area contributed by atoms with Crippen LogP contribution in [0.3, 0.4) is 0 Å². The highest BCUT2D eigenvalue weighted by molar-refractivity contribution is 6.23. The number of aryl methyl sites for hydroxylation is 1. The van der Waals surface area contributed by atoms with Crippen LogP contribution in [0.4, 0.5) is 11.4 Å². The Labute approximate surface area is 138 Å². The summed E-state index contributed by atoms with van der Waals surface area (Å²) in [6.07, 6.45) is 6.42. The van der Waals surface area contributed by atoms with E-state index in [-0.39, 0.29) is 46.6 Å². The molecule has 6 heteroatoms. The van der Waals surface area contributed by atoms with Crippen molar-refractivity contribution in [3.63, 3.8) is 0 Å². The molecule has 1 aromatic carbocycles. The summed E-state index contributed by atoms with van der Waals surface area (Å²) in [5, 5.41) is 11.2. The van der Waals surface area contributed by atoms with Gasteiger partial charge in [0.2, 0.25) is 11.8 Å². The molecule has 1 aliphatic heterocycles. The first-order valence-corrected chi connectivity index (χ1v) is 8.27. The molecule has 24 heavy (non-hydrogen) atoms. The summed E-state index contributed by atoms with van der Waals surface area (Å²) in [4.78, 5) is 37.8. The lowest BCUT2D eigenvalue weighted by atomic mass is 9.85. The highest BCUT2D eigenvalue weighted by Gasteiger charge is 2.73. The van der Waals surface area contributed by atoms with Crippen molar-refractivity contribution in [2.24, 2.45) is 29.1 Å². The number of nitro groups is 1. The lowest BCUT2D eigenvalue weighted by Gasteiger charge is -2.21. The highest BCUT2D eigenvalue weighted by atomic mass is 16.6. The van der Waals surface area contributed by atoms with Crippen LogP contribution in [-0.4, -0.2) is 16.7 Å². The third-order valence-corrected chi connectivity index (χ3v) is 6.50. The Bertz CT molecular complexity index is 821. The number of carbonyl (C=O) groups excluding carboxylic acids is 2. The number of allylic oxidation sites excluding steroid dienone is 2. The van der Waals surface area contributed by atoms with E-state index in [1.807, 2.05) is 0 Å². The van der Waals surface area contributed by atoms with Gasteiger partial charge in [0.1, 0.15) is 0 Å². The molecule has 2 amide bonds. The summed E-state index contributed by atoms with van der Waals surface area (Å²) in [6.45, 7) is 1.64. The van der Waals surface area contributed by atoms with Gasteiger partial charge < -0.3 is 0 Å². The number of benzene rings is 1. The van der Waals surface area contributed by atoms with Crippen LogP contribution in [0, 0.1) is 46.1 Å². The van der Waals surface area contributed by atoms with Crippen molar-refractivity contribution in [2.75, 3.05) is 4.90 Å². The zero-order valence-corrected chi connectivity index (χ0v) is 13.1. The van der Waals surface area contributed by atoms with E-state index in [9.17, 15) is 19.7 Å². The minimum absolute atomic E-state index is 0.0649. The van der Waals surface area contributed by atoms with E-state index < -0.39 is 4.92 Å². The predicted octanol–water partition coefficient (Wildman–Crippen LogP) is 2.60. The van der Waals surface area contributed by atoms with Crippen LogP contribution in [-0.2, 0) is 9.59 Å². The van der Waals surface area contributed by atoms with Crippen LogP contribution in [0.15, 0.2) is 30.4 Å². The Morgan fingerprint density at radius 1 is 1.12 bits per heavy atom. The molecule has 1 saturated heterocycles. The van der Waals surface area contributed by atoms with Crippen molar-refractivity contribution < 1.29 is 14.5 Å². The molecule has 4 aliphatic rings. The van der Waals surface area contributed by atoms with Crippen LogP contribution in [0.5, 0.6) is 0 Å². The Morgan fingerprint density at radius 3 is 2.21 bits per heavy atom. The molecule has 1 spiro atoms. The molecule has 3 aliphatic carbocycles. The minimum Gasteiger partial charge on any atom is -0.274 e. The Kier molecular flexibility index (Phi) is 2.39. The van der Waals surface area contributed by atoms with E-state index >= 15 is 0 Å². The molecule has 0 N–H and O–H groups in total. The number of anilines is 1. The molecule has 1 aromatic rings. The molecule has 1 heterocycles. The van der Waals surface area contributed by atoms with Crippen molar-refractivity contribution in [2.45, 2.75) is 19.8 Å². The molecule has 3 fully saturated rings. The molecule has 2 bridgehead atoms. The van der Waals surface area contributed by atoms with Gasteiger partial charge in [0, 0.05) is 11.6 Å². The molecule has 4 atom stereocenters. The van der Waals surface area contributed by atoms with Crippen molar-refractivity contribution in [1.29, 1.82) is 0 Å². The number of hydrogen-bond acceptors (Lipinski definition) is 4. The molecule has 5 rings (SSSR count). The van der Waals surface area contributed by atoms with Gasteiger partial charge in [-0.1, -0.05) is 18.2 Å². The number of nitrogens with zero attached hydrogens (tertiary/aromatic N) is 2. The fourth-order valence-corrected chi connectivity index (χ4v) is 5.27. The van der Waals surface area contributed by atoms with E-state index in [2.05, 4.69) is 12.2 Å². The summed E-state index contributed by atoms with van der Waals surface area (Å²) in [6, 6.07) is 4.56. The molecule has 0 aromatic heterocycles. The summed E-state index contributed by atoms with van der Waals surface area (Å²) in [7, 11) is 0. The van der Waals surface area contributed by atoms with E-state index in [0.717, 1.165) is 12.8 Å². The smallest absolute Gasteiger partial charge is 0.274 e. The Morgan fingerprint density at radius 2 is 1.71 bits per heavy atom. The second kappa shape index (κ2) is 4.12. The first kappa shape index (κ1) is 13.9. The summed E-state index contributed by atoms with van der Waals surface area (Å²) in [5.74, 6) is -0.618. The van der Waals surface area contributed by atoms with Crippen LogP contribution >= 0.6 is 0 Å². The Balaban J connectivity index is 1.56. The van der Waals surface area contributed by atoms with E-state index in [1.54, 1.807) is 19.1 Å². The maximum Gasteiger partial charge on any atom is 0.274 e. The van der Waals surface area contributed by atoms with Gasteiger partial charge in [-0.15, -0.1) is 0 Å². The van der Waals surface area contributed by atoms with Gasteiger partial charge in [-0.3, -0.25) is 19.7 Å². The molecule has 6 nitrogen and oxygen atoms in total. The van der Waals surface area contributed by atoms with Crippen molar-refractivity contribution in [1.82, 2.24) is 0 Å². The number of amides is 2. The number of carbonyl (C=O) groups is 2. The average Bonchev–Trinajstić information content (AvgIpc) is 3.14. The van der Waals surface area contributed by atoms with Crippen LogP contribution in [0.1, 0.15) is 18.4 Å². The maximum atomic E-state index is 13.0. The molecule has 2 saturated carbocycles. The predicted molar refractivity (Wildman–Crippen MR) is 85.1 cm³/mol. The SMILES string of the molecule is Cc1ccc(N2C(=O)[C@@H]3[C@@H](C2=O)[C@@H]2C=C[C@H]3C23CC3)cc1[N+](=O)[O-]. The monoisotopic (exact) mass is 324 g/mol. The minimum atomic E-state index is -0.477. The number of rotatable bonds is 2. The maximum absolute atomic E-state index is 13.0. The third-order valence-electron chi connectivity index (χ3n) is 6.50. The second-order valence-electron chi connectivity index (χ2n) is 7.46. The number of fused-ring (bicyclic) bond motifs is 3. The van der Waals surface area contributed by atoms with Crippen molar-refractivity contribution in [3.05, 3.63) is 46.0 Å². The highest BCUT2D eigenvalue weighted by Crippen LogP contribution is 2.73. The number of hydrogen-bond donors (Lipinski definition) is 0. The molecular weight excluding hydrogens is 308 g/mol. The topological polar surface area (TPSA) is 80.5 Å². The van der Waals surface area contributed by atoms with E-state index in [1.165, 1.54) is 11.0 Å². The first-order chi connectivity index (χ1) is 11.5. The molecular formula is C18H16N2O4. The quantitative estimate of drug-likeness (QED) is 0.362. The van der Waals surface area contributed by atoms with Gasteiger partial charge >= 0.3 is 0 Å². The normalized spacial score (nSPS) is 34.3. The average molecular weight is 324 g/mol. The van der Waals surface area contributed by atoms with Crippen LogP contribution in [0.2, 0.25) is 0 Å². The van der Waals surface area contributed by atoms with Gasteiger partial charge in [-0.05, 0) is 43.1 Å². The van der Waals surface area contributed by atoms with E-state index in [0.29, 0.717) is 11.3 Å². The van der Waals surface area contributed by atoms with Gasteiger partial charge in [-0.25, -0.2) is 4.90 Å². The fourth-order valence-electron chi connectivity index (χ4n) is 5.27. The molecule has 0 unspecified atom stereocenters. The van der Waals surface area contributed by atoms with Crippen LogP contribution < -0.4 is 4.90 Å². The number of nitro benzene ring substituents is 1. The van der Waals surface area contributed by atoms with Crippen LogP contribution in [0.25, 0.3) is 0 Å². The van der Waals surface area contributed by atoms with Crippen molar-refractivity contribution >= 4 is 23.2 Å². The fraction of sp³-hybridized carbons (Fsp3) is 0.444. The van der Waals surface area contributed by atoms with Gasteiger partial charge in [0.25, 0.3) is 5.69 Å². The standard InChI is InChI=1S/C18H16N2O4/c1-9-2-3-10(8-13(9)20(23)24)19-16(21)14-11-4-5-12(15(14)17(19)22)18(11)6-7-18/h2-5,8,11-12,14-15H,6-7H2,1H3/t11-,12+,14-,15-/m0/s1. The zero-order chi connectivity index (χ0) is 16.8. The number of imide groups is 1. The largest absolute Gasteiger partial charge is 0.274 e. The first-order valence-electron chi connectivity index (χ1n) is 8.27. The van der Waals surface area contributed by atoms with E-state index in [4.69, 9.17) is 0 Å². The summed E-state index contributed by atoms with van der Waals surface area (Å²) in [5.41, 5.74) is 0.930. The van der Waals surface area contributed by atoms with Gasteiger partial charge in [-0.2, -0.15) is 0 Å². The van der Waals surface area contributed by atoms with Gasteiger partial charge in [0.05, 0.1) is 22.4 Å². The summed E-state index contributed by atoms with van der Waals surface area (Å²) < 4.78 is 0. The van der Waals surface area contributed by atoms with Crippen molar-refractivity contribution in [3.8, 4) is 0 Å². The second-order valence-corrected chi connectivity index (χ2v) is 7.46. The molecule has 122 valence electrons. The lowest BCUT2D eigenvalue weighted by molar-refractivity contribution is -0.385. The lowest BCUT2D eigenvalue weighted by Crippen LogP contribution is -2.34. The Hall–Kier alpha value is -2.50. The third kappa shape index (κ3) is 1.42. The zero-order valence-electron chi connectivity index (χ0n) is 13.1. The summed E-state index contributed by atoms with van der Waals surface area (Å²) >= 11 is 0. The van der Waals surface area contributed by atoms with Gasteiger partial charge in [0.15, 0.2) is 0 Å².